The van der Waals surface area contributed by atoms with Crippen LogP contribution in [0.25, 0.3) is 22.2 Å². The fourth-order valence-corrected chi connectivity index (χ4v) is 2.75. The molecule has 0 fully saturated rings. The van der Waals surface area contributed by atoms with Crippen molar-refractivity contribution >= 4 is 22.6 Å². The van der Waals surface area contributed by atoms with E-state index in [9.17, 15) is 18.0 Å². The Labute approximate surface area is 167 Å². The monoisotopic (exact) mass is 414 g/mol. The first-order chi connectivity index (χ1) is 14.4. The highest BCUT2D eigenvalue weighted by atomic mass is 19.4. The highest BCUT2D eigenvalue weighted by Crippen LogP contribution is 2.29. The number of anilines is 1. The Morgan fingerprint density at radius 1 is 1.07 bits per heavy atom. The van der Waals surface area contributed by atoms with Gasteiger partial charge in [0.05, 0.1) is 0 Å². The molecule has 2 aromatic carbocycles. The average molecular weight is 414 g/mol. The summed E-state index contributed by atoms with van der Waals surface area (Å²) in [5, 5.41) is 7.72. The van der Waals surface area contributed by atoms with Gasteiger partial charge >= 0.3 is 18.2 Å². The van der Waals surface area contributed by atoms with Crippen LogP contribution in [-0.2, 0) is 17.5 Å². The van der Waals surface area contributed by atoms with E-state index in [0.717, 1.165) is 16.3 Å². The number of nitrogens with one attached hydrogen (secondary N) is 1. The van der Waals surface area contributed by atoms with Crippen LogP contribution in [0.4, 0.5) is 23.7 Å². The Balaban J connectivity index is 1.38. The van der Waals surface area contributed by atoms with Gasteiger partial charge in [-0.15, -0.1) is 0 Å². The largest absolute Gasteiger partial charge is 0.471 e. The zero-order chi connectivity index (χ0) is 21.1. The van der Waals surface area contributed by atoms with Crippen molar-refractivity contribution in [1.82, 2.24) is 15.1 Å². The molecule has 7 nitrogen and oxygen atoms in total. The number of carbonyl (C=O) groups excluding carboxylic acids is 1. The van der Waals surface area contributed by atoms with E-state index >= 15 is 0 Å². The molecule has 2 heterocycles. The highest BCUT2D eigenvalue weighted by molar-refractivity contribution is 5.86. The number of aromatic nitrogens is 3. The molecule has 0 aliphatic heterocycles. The van der Waals surface area contributed by atoms with E-state index in [-0.39, 0.29) is 12.4 Å². The highest BCUT2D eigenvalue weighted by Gasteiger charge is 2.38. The third-order valence-corrected chi connectivity index (χ3v) is 4.17. The molecule has 4 aromatic rings. The summed E-state index contributed by atoms with van der Waals surface area (Å²) in [4.78, 5) is 19.5. The molecule has 0 bridgehead atoms. The summed E-state index contributed by atoms with van der Waals surface area (Å²) >= 11 is 0. The molecule has 1 amide bonds. The molecular formula is C20H13F3N4O3. The van der Waals surface area contributed by atoms with Crippen molar-refractivity contribution in [3.63, 3.8) is 0 Å². The Hall–Kier alpha value is -3.95. The predicted octanol–water partition coefficient (Wildman–Crippen LogP) is 5.05. The first kappa shape index (κ1) is 19.4. The van der Waals surface area contributed by atoms with Crippen LogP contribution in [0.1, 0.15) is 11.5 Å². The van der Waals surface area contributed by atoms with Crippen molar-refractivity contribution in [1.29, 1.82) is 0 Å². The topological polar surface area (TPSA) is 90.1 Å². The summed E-state index contributed by atoms with van der Waals surface area (Å²) in [6, 6.07) is 13.5. The number of alkyl halides is 3. The molecule has 4 rings (SSSR count). The molecule has 0 radical (unpaired) electrons. The van der Waals surface area contributed by atoms with Crippen LogP contribution in [0.2, 0.25) is 0 Å². The van der Waals surface area contributed by atoms with Crippen molar-refractivity contribution < 1.29 is 27.2 Å². The number of benzene rings is 2. The van der Waals surface area contributed by atoms with Crippen molar-refractivity contribution in [2.24, 2.45) is 0 Å². The lowest BCUT2D eigenvalue weighted by Crippen LogP contribution is -2.13. The van der Waals surface area contributed by atoms with Crippen LogP contribution < -0.4 is 5.32 Å². The van der Waals surface area contributed by atoms with Gasteiger partial charge in [-0.3, -0.25) is 10.3 Å². The lowest BCUT2D eigenvalue weighted by molar-refractivity contribution is -0.159. The Morgan fingerprint density at radius 3 is 2.57 bits per heavy atom. The molecule has 0 unspecified atom stereocenters. The quantitative estimate of drug-likeness (QED) is 0.503. The summed E-state index contributed by atoms with van der Waals surface area (Å²) in [7, 11) is 0. The van der Waals surface area contributed by atoms with E-state index in [1.54, 1.807) is 12.4 Å². The summed E-state index contributed by atoms with van der Waals surface area (Å²) in [5.74, 6) is -1.63. The number of carbonyl (C=O) groups is 1. The second-order valence-electron chi connectivity index (χ2n) is 6.22. The third-order valence-electron chi connectivity index (χ3n) is 4.17. The standard InChI is InChI=1S/C20H13F3N4O3/c21-20(22,23)18-26-17(27-30-18)12-5-7-15(8-6-12)25-19(28)29-11-14-10-24-9-13-3-1-2-4-16(13)14/h1-10H,11H2,(H,25,28). The molecule has 10 heteroatoms. The van der Waals surface area contributed by atoms with Gasteiger partial charge in [-0.05, 0) is 29.7 Å². The van der Waals surface area contributed by atoms with E-state index < -0.39 is 18.2 Å². The number of pyridine rings is 1. The summed E-state index contributed by atoms with van der Waals surface area (Å²) in [5.41, 5.74) is 1.45. The number of nitrogens with zero attached hydrogens (tertiary/aromatic N) is 3. The first-order valence-electron chi connectivity index (χ1n) is 8.67. The van der Waals surface area contributed by atoms with Crippen LogP contribution in [0, 0.1) is 0 Å². The summed E-state index contributed by atoms with van der Waals surface area (Å²) < 4.78 is 47.1. The van der Waals surface area contributed by atoms with Crippen LogP contribution in [0.3, 0.4) is 0 Å². The minimum Gasteiger partial charge on any atom is -0.444 e. The minimum atomic E-state index is -4.71. The molecule has 0 saturated heterocycles. The van der Waals surface area contributed by atoms with Crippen LogP contribution in [0.5, 0.6) is 0 Å². The van der Waals surface area contributed by atoms with Gasteiger partial charge in [0, 0.05) is 34.6 Å². The van der Waals surface area contributed by atoms with E-state index in [2.05, 4.69) is 25.0 Å². The fraction of sp³-hybridized carbons (Fsp3) is 0.100. The number of hydrogen-bond donors (Lipinski definition) is 1. The van der Waals surface area contributed by atoms with Gasteiger partial charge in [0.25, 0.3) is 0 Å². The Bertz CT molecular complexity index is 1180. The zero-order valence-corrected chi connectivity index (χ0v) is 15.2. The number of rotatable bonds is 4. The Kier molecular flexibility index (Phi) is 5.05. The molecule has 0 saturated carbocycles. The SMILES string of the molecule is O=C(Nc1ccc(-c2noc(C(F)(F)F)n2)cc1)OCc1cncc2ccccc12. The molecule has 2 aromatic heterocycles. The first-order valence-corrected chi connectivity index (χ1v) is 8.67. The van der Waals surface area contributed by atoms with Crippen LogP contribution >= 0.6 is 0 Å². The zero-order valence-electron chi connectivity index (χ0n) is 15.2. The van der Waals surface area contributed by atoms with Crippen molar-refractivity contribution in [3.05, 3.63) is 72.4 Å². The second kappa shape index (κ2) is 7.82. The average Bonchev–Trinajstić information content (AvgIpc) is 3.24. The maximum Gasteiger partial charge on any atom is 0.471 e. The van der Waals surface area contributed by atoms with Crippen molar-refractivity contribution in [3.8, 4) is 11.4 Å². The van der Waals surface area contributed by atoms with E-state index in [0.29, 0.717) is 11.3 Å². The normalized spacial score (nSPS) is 11.4. The Morgan fingerprint density at radius 2 is 1.83 bits per heavy atom. The van der Waals surface area contributed by atoms with Gasteiger partial charge in [-0.25, -0.2) is 4.79 Å². The molecule has 30 heavy (non-hydrogen) atoms. The van der Waals surface area contributed by atoms with E-state index in [4.69, 9.17) is 4.74 Å². The predicted molar refractivity (Wildman–Crippen MR) is 100 cm³/mol. The van der Waals surface area contributed by atoms with Gasteiger partial charge in [-0.2, -0.15) is 18.2 Å². The van der Waals surface area contributed by atoms with E-state index in [1.807, 2.05) is 24.3 Å². The molecule has 0 atom stereocenters. The molecular weight excluding hydrogens is 401 g/mol. The van der Waals surface area contributed by atoms with Crippen molar-refractivity contribution in [2.45, 2.75) is 12.8 Å². The number of hydrogen-bond acceptors (Lipinski definition) is 6. The van der Waals surface area contributed by atoms with Crippen LogP contribution in [-0.4, -0.2) is 21.2 Å². The van der Waals surface area contributed by atoms with Gasteiger partial charge in [0.15, 0.2) is 0 Å². The molecule has 152 valence electrons. The fourth-order valence-electron chi connectivity index (χ4n) is 2.75. The van der Waals surface area contributed by atoms with Gasteiger partial charge in [-0.1, -0.05) is 29.4 Å². The van der Waals surface area contributed by atoms with Gasteiger partial charge in [0.2, 0.25) is 5.82 Å². The smallest absolute Gasteiger partial charge is 0.444 e. The molecule has 0 aliphatic carbocycles. The lowest BCUT2D eigenvalue weighted by Gasteiger charge is -2.09. The molecule has 1 N–H and O–H groups in total. The maximum atomic E-state index is 12.5. The van der Waals surface area contributed by atoms with Gasteiger partial charge in [0.1, 0.15) is 6.61 Å². The molecule has 0 spiro atoms. The summed E-state index contributed by atoms with van der Waals surface area (Å²) in [6.45, 7) is 0.0291. The van der Waals surface area contributed by atoms with Gasteiger partial charge < -0.3 is 9.26 Å². The number of amides is 1. The minimum absolute atomic E-state index is 0.0291. The van der Waals surface area contributed by atoms with Crippen molar-refractivity contribution in [2.75, 3.05) is 5.32 Å². The number of halogens is 3. The number of ether oxygens (including phenoxy) is 1. The second-order valence-corrected chi connectivity index (χ2v) is 6.22. The summed E-state index contributed by atoms with van der Waals surface area (Å²) in [6.07, 6.45) is -2.04. The third kappa shape index (κ3) is 4.22. The lowest BCUT2D eigenvalue weighted by atomic mass is 10.1. The number of fused-ring (bicyclic) bond motifs is 1. The van der Waals surface area contributed by atoms with E-state index in [1.165, 1.54) is 24.3 Å². The maximum absolute atomic E-state index is 12.5. The van der Waals surface area contributed by atoms with Crippen LogP contribution in [0.15, 0.2) is 65.4 Å². The molecule has 0 aliphatic rings.